The molecule has 0 aliphatic carbocycles. The number of para-hydroxylation sites is 1. The second-order valence-electron chi connectivity index (χ2n) is 4.28. The molecule has 0 heterocycles. The number of carbonyl (C=O) groups is 2. The lowest BCUT2D eigenvalue weighted by Crippen LogP contribution is -2.31. The first kappa shape index (κ1) is 16.8. The lowest BCUT2D eigenvalue weighted by molar-refractivity contribution is -0.146. The molecule has 2 aromatic carbocycles. The molecular formula is C16H14BrNO5. The number of hydrogen-bond acceptors (Lipinski definition) is 5. The normalized spacial score (nSPS) is 9.78. The number of rotatable bonds is 6. The van der Waals surface area contributed by atoms with Crippen LogP contribution in [0.25, 0.3) is 0 Å². The molecule has 0 atom stereocenters. The minimum absolute atomic E-state index is 0.243. The number of ether oxygens (including phenoxy) is 3. The van der Waals surface area contributed by atoms with Gasteiger partial charge in [0.05, 0.1) is 0 Å². The molecule has 2 aromatic rings. The molecule has 0 spiro atoms. The van der Waals surface area contributed by atoms with Crippen molar-refractivity contribution in [3.05, 3.63) is 59.1 Å². The number of amides is 1. The van der Waals surface area contributed by atoms with E-state index in [0.717, 1.165) is 4.47 Å². The first-order valence-corrected chi connectivity index (χ1v) is 7.47. The second kappa shape index (κ2) is 8.79. The molecule has 0 aromatic heterocycles. The lowest BCUT2D eigenvalue weighted by atomic mass is 10.3. The van der Waals surface area contributed by atoms with Gasteiger partial charge in [0.2, 0.25) is 0 Å². The topological polar surface area (TPSA) is 73.9 Å². The van der Waals surface area contributed by atoms with E-state index < -0.39 is 12.1 Å². The highest BCUT2D eigenvalue weighted by molar-refractivity contribution is 9.10. The average molecular weight is 380 g/mol. The van der Waals surface area contributed by atoms with Crippen LogP contribution < -0.4 is 14.8 Å². The van der Waals surface area contributed by atoms with Crippen LogP contribution in [0.1, 0.15) is 0 Å². The lowest BCUT2D eigenvalue weighted by Gasteiger charge is -2.08. The largest absolute Gasteiger partial charge is 0.482 e. The molecule has 1 amide bonds. The third-order valence-corrected chi connectivity index (χ3v) is 3.10. The number of nitrogens with one attached hydrogen (secondary N) is 1. The predicted octanol–water partition coefficient (Wildman–Crippen LogP) is 3.12. The van der Waals surface area contributed by atoms with Gasteiger partial charge in [-0.25, -0.2) is 9.59 Å². The molecule has 120 valence electrons. The summed E-state index contributed by atoms with van der Waals surface area (Å²) in [6.45, 7) is -0.542. The highest BCUT2D eigenvalue weighted by Crippen LogP contribution is 2.16. The zero-order valence-corrected chi connectivity index (χ0v) is 13.6. The van der Waals surface area contributed by atoms with Crippen LogP contribution in [-0.2, 0) is 9.53 Å². The summed E-state index contributed by atoms with van der Waals surface area (Å²) in [5.41, 5.74) is 0. The van der Waals surface area contributed by atoms with E-state index in [-0.39, 0.29) is 13.3 Å². The zero-order valence-electron chi connectivity index (χ0n) is 12.0. The molecule has 0 bridgehead atoms. The molecule has 0 saturated heterocycles. The quantitative estimate of drug-likeness (QED) is 0.616. The molecular weight excluding hydrogens is 366 g/mol. The van der Waals surface area contributed by atoms with Crippen molar-refractivity contribution in [2.24, 2.45) is 0 Å². The minimum Gasteiger partial charge on any atom is -0.482 e. The molecule has 2 rings (SSSR count). The van der Waals surface area contributed by atoms with E-state index in [4.69, 9.17) is 14.2 Å². The Morgan fingerprint density at radius 1 is 0.957 bits per heavy atom. The van der Waals surface area contributed by atoms with Crippen LogP contribution >= 0.6 is 15.9 Å². The highest BCUT2D eigenvalue weighted by atomic mass is 79.9. The van der Waals surface area contributed by atoms with Crippen LogP contribution in [0, 0.1) is 0 Å². The number of esters is 1. The Labute approximate surface area is 141 Å². The van der Waals surface area contributed by atoms with Crippen molar-refractivity contribution >= 4 is 28.0 Å². The van der Waals surface area contributed by atoms with Gasteiger partial charge in [-0.2, -0.15) is 0 Å². The van der Waals surface area contributed by atoms with Crippen molar-refractivity contribution in [2.45, 2.75) is 0 Å². The van der Waals surface area contributed by atoms with Gasteiger partial charge in [0, 0.05) is 4.47 Å². The Morgan fingerprint density at radius 2 is 1.65 bits per heavy atom. The van der Waals surface area contributed by atoms with E-state index in [1.165, 1.54) is 0 Å². The summed E-state index contributed by atoms with van der Waals surface area (Å²) in [4.78, 5) is 22.9. The number of carbonyl (C=O) groups excluding carboxylic acids is 2. The van der Waals surface area contributed by atoms with Gasteiger partial charge in [-0.1, -0.05) is 34.1 Å². The summed E-state index contributed by atoms with van der Waals surface area (Å²) >= 11 is 3.28. The molecule has 0 saturated carbocycles. The van der Waals surface area contributed by atoms with Gasteiger partial charge in [0.25, 0.3) is 0 Å². The second-order valence-corrected chi connectivity index (χ2v) is 5.20. The first-order chi connectivity index (χ1) is 11.1. The summed E-state index contributed by atoms with van der Waals surface area (Å²) in [7, 11) is 0. The van der Waals surface area contributed by atoms with Gasteiger partial charge in [0.1, 0.15) is 11.5 Å². The fourth-order valence-electron chi connectivity index (χ4n) is 1.52. The minimum atomic E-state index is -0.718. The number of halogens is 1. The Balaban J connectivity index is 1.63. The number of hydrogen-bond donors (Lipinski definition) is 1. The van der Waals surface area contributed by atoms with E-state index in [0.29, 0.717) is 11.5 Å². The SMILES string of the molecule is O=C(COc1ccccc1)OCNC(=O)Oc1ccc(Br)cc1. The average Bonchev–Trinajstić information content (AvgIpc) is 2.56. The molecule has 0 aliphatic heterocycles. The maximum absolute atomic E-state index is 11.5. The first-order valence-electron chi connectivity index (χ1n) is 6.68. The summed E-state index contributed by atoms with van der Waals surface area (Å²) < 4.78 is 15.9. The van der Waals surface area contributed by atoms with Crippen LogP contribution in [0.4, 0.5) is 4.79 Å². The maximum atomic E-state index is 11.5. The van der Waals surface area contributed by atoms with Crippen molar-refractivity contribution in [1.29, 1.82) is 0 Å². The van der Waals surface area contributed by atoms with Crippen molar-refractivity contribution in [3.8, 4) is 11.5 Å². The van der Waals surface area contributed by atoms with Crippen molar-refractivity contribution in [3.63, 3.8) is 0 Å². The standard InChI is InChI=1S/C16H14BrNO5/c17-12-6-8-14(9-7-12)23-16(20)18-11-22-15(19)10-21-13-4-2-1-3-5-13/h1-9H,10-11H2,(H,18,20). The summed E-state index contributed by atoms with van der Waals surface area (Å²) in [6.07, 6.45) is -0.718. The van der Waals surface area contributed by atoms with E-state index in [2.05, 4.69) is 21.2 Å². The Morgan fingerprint density at radius 3 is 2.35 bits per heavy atom. The van der Waals surface area contributed by atoms with Crippen LogP contribution in [-0.4, -0.2) is 25.4 Å². The third kappa shape index (κ3) is 6.39. The molecule has 0 fully saturated rings. The van der Waals surface area contributed by atoms with Crippen LogP contribution in [0.2, 0.25) is 0 Å². The summed E-state index contributed by atoms with van der Waals surface area (Å²) in [5.74, 6) is 0.342. The fourth-order valence-corrected chi connectivity index (χ4v) is 1.79. The molecule has 0 unspecified atom stereocenters. The molecule has 0 radical (unpaired) electrons. The maximum Gasteiger partial charge on any atom is 0.415 e. The predicted molar refractivity (Wildman–Crippen MR) is 86.2 cm³/mol. The van der Waals surface area contributed by atoms with E-state index in [1.807, 2.05) is 6.07 Å². The zero-order chi connectivity index (χ0) is 16.5. The number of benzene rings is 2. The Hall–Kier alpha value is -2.54. The van der Waals surface area contributed by atoms with Gasteiger partial charge in [0.15, 0.2) is 13.3 Å². The van der Waals surface area contributed by atoms with Crippen molar-refractivity contribution in [1.82, 2.24) is 5.32 Å². The molecule has 7 heteroatoms. The smallest absolute Gasteiger partial charge is 0.415 e. The Kier molecular flexibility index (Phi) is 6.43. The fraction of sp³-hybridized carbons (Fsp3) is 0.125. The van der Waals surface area contributed by atoms with Gasteiger partial charge in [-0.15, -0.1) is 0 Å². The van der Waals surface area contributed by atoms with E-state index in [1.54, 1.807) is 48.5 Å². The van der Waals surface area contributed by atoms with Crippen LogP contribution in [0.15, 0.2) is 59.1 Å². The summed E-state index contributed by atoms with van der Waals surface area (Å²) in [5, 5.41) is 2.30. The molecule has 0 aliphatic rings. The van der Waals surface area contributed by atoms with Crippen LogP contribution in [0.5, 0.6) is 11.5 Å². The van der Waals surface area contributed by atoms with Crippen molar-refractivity contribution < 1.29 is 23.8 Å². The van der Waals surface area contributed by atoms with Gasteiger partial charge < -0.3 is 14.2 Å². The van der Waals surface area contributed by atoms with Gasteiger partial charge >= 0.3 is 12.1 Å². The summed E-state index contributed by atoms with van der Waals surface area (Å²) in [6, 6.07) is 15.6. The Bertz CT molecular complexity index is 645. The van der Waals surface area contributed by atoms with E-state index >= 15 is 0 Å². The monoisotopic (exact) mass is 379 g/mol. The molecule has 1 N–H and O–H groups in total. The third-order valence-electron chi connectivity index (χ3n) is 2.57. The van der Waals surface area contributed by atoms with Crippen molar-refractivity contribution in [2.75, 3.05) is 13.3 Å². The van der Waals surface area contributed by atoms with E-state index in [9.17, 15) is 9.59 Å². The molecule has 23 heavy (non-hydrogen) atoms. The van der Waals surface area contributed by atoms with Gasteiger partial charge in [-0.3, -0.25) is 5.32 Å². The molecule has 6 nitrogen and oxygen atoms in total. The highest BCUT2D eigenvalue weighted by Gasteiger charge is 2.07. The van der Waals surface area contributed by atoms with Gasteiger partial charge in [-0.05, 0) is 36.4 Å². The van der Waals surface area contributed by atoms with Crippen LogP contribution in [0.3, 0.4) is 0 Å².